The molecule has 1 fully saturated rings. The van der Waals surface area contributed by atoms with Gasteiger partial charge in [0.1, 0.15) is 0 Å². The average molecular weight is 337 g/mol. The molecule has 2 aromatic carbocycles. The van der Waals surface area contributed by atoms with Crippen molar-refractivity contribution < 1.29 is 4.79 Å². The van der Waals surface area contributed by atoms with Gasteiger partial charge in [-0.3, -0.25) is 4.79 Å². The fourth-order valence-electron chi connectivity index (χ4n) is 3.24. The number of amides is 1. The van der Waals surface area contributed by atoms with E-state index in [0.717, 1.165) is 30.3 Å². The van der Waals surface area contributed by atoms with Gasteiger partial charge in [-0.25, -0.2) is 0 Å². The van der Waals surface area contributed by atoms with Crippen LogP contribution in [0.3, 0.4) is 0 Å². The second-order valence-corrected chi connectivity index (χ2v) is 7.01. The molecule has 132 valence electrons. The van der Waals surface area contributed by atoms with Crippen LogP contribution in [-0.4, -0.2) is 25.0 Å². The van der Waals surface area contributed by atoms with Crippen LogP contribution < -0.4 is 16.0 Å². The SMILES string of the molecule is CC1CCN(c2cccc(NC(=O)C(N)Cc3ccccc3)c2)CC1. The van der Waals surface area contributed by atoms with E-state index in [1.807, 2.05) is 48.5 Å². The number of benzene rings is 2. The predicted molar refractivity (Wildman–Crippen MR) is 104 cm³/mol. The molecule has 4 heteroatoms. The quantitative estimate of drug-likeness (QED) is 0.879. The third-order valence-corrected chi connectivity index (χ3v) is 4.90. The Hall–Kier alpha value is -2.33. The van der Waals surface area contributed by atoms with Crippen LogP contribution in [0.1, 0.15) is 25.3 Å². The number of anilines is 2. The first-order valence-corrected chi connectivity index (χ1v) is 9.07. The van der Waals surface area contributed by atoms with Gasteiger partial charge in [-0.15, -0.1) is 0 Å². The molecule has 1 atom stereocenters. The van der Waals surface area contributed by atoms with Crippen molar-refractivity contribution in [3.05, 3.63) is 60.2 Å². The summed E-state index contributed by atoms with van der Waals surface area (Å²) in [5, 5.41) is 2.96. The van der Waals surface area contributed by atoms with Gasteiger partial charge in [0.05, 0.1) is 6.04 Å². The Morgan fingerprint density at radius 2 is 1.88 bits per heavy atom. The molecule has 4 nitrogen and oxygen atoms in total. The van der Waals surface area contributed by atoms with Crippen molar-refractivity contribution in [2.75, 3.05) is 23.3 Å². The molecule has 2 aromatic rings. The molecule has 0 radical (unpaired) electrons. The zero-order chi connectivity index (χ0) is 17.6. The van der Waals surface area contributed by atoms with E-state index in [4.69, 9.17) is 5.73 Å². The number of carbonyl (C=O) groups is 1. The molecule has 0 aromatic heterocycles. The minimum atomic E-state index is -0.554. The van der Waals surface area contributed by atoms with Gasteiger partial charge in [0.15, 0.2) is 0 Å². The molecule has 1 heterocycles. The highest BCUT2D eigenvalue weighted by Gasteiger charge is 2.17. The molecule has 3 N–H and O–H groups in total. The third kappa shape index (κ3) is 4.83. The van der Waals surface area contributed by atoms with Crippen LogP contribution in [0.2, 0.25) is 0 Å². The molecular formula is C21H27N3O. The molecule has 1 unspecified atom stereocenters. The summed E-state index contributed by atoms with van der Waals surface area (Å²) in [6, 6.07) is 17.4. The number of nitrogens with zero attached hydrogens (tertiary/aromatic N) is 1. The predicted octanol–water partition coefficient (Wildman–Crippen LogP) is 3.43. The summed E-state index contributed by atoms with van der Waals surface area (Å²) in [6.45, 7) is 4.46. The minimum absolute atomic E-state index is 0.145. The highest BCUT2D eigenvalue weighted by atomic mass is 16.2. The van der Waals surface area contributed by atoms with E-state index < -0.39 is 6.04 Å². The summed E-state index contributed by atoms with van der Waals surface area (Å²) in [7, 11) is 0. The van der Waals surface area contributed by atoms with E-state index in [1.54, 1.807) is 0 Å². The molecule has 1 saturated heterocycles. The highest BCUT2D eigenvalue weighted by molar-refractivity contribution is 5.95. The Bertz CT molecular complexity index is 693. The topological polar surface area (TPSA) is 58.4 Å². The Labute approximate surface area is 150 Å². The van der Waals surface area contributed by atoms with Crippen molar-refractivity contribution >= 4 is 17.3 Å². The number of nitrogens with two attached hydrogens (primary N) is 1. The molecule has 0 saturated carbocycles. The van der Waals surface area contributed by atoms with Crippen molar-refractivity contribution in [2.24, 2.45) is 11.7 Å². The Kier molecular flexibility index (Phi) is 5.71. The van der Waals surface area contributed by atoms with E-state index in [-0.39, 0.29) is 5.91 Å². The van der Waals surface area contributed by atoms with Crippen molar-refractivity contribution in [1.82, 2.24) is 0 Å². The number of rotatable bonds is 5. The first-order chi connectivity index (χ1) is 12.1. The molecule has 0 spiro atoms. The van der Waals surface area contributed by atoms with Crippen molar-refractivity contribution in [3.63, 3.8) is 0 Å². The summed E-state index contributed by atoms with van der Waals surface area (Å²) in [5.41, 5.74) is 9.12. The van der Waals surface area contributed by atoms with Gasteiger partial charge in [0, 0.05) is 24.5 Å². The van der Waals surface area contributed by atoms with Gasteiger partial charge >= 0.3 is 0 Å². The zero-order valence-electron chi connectivity index (χ0n) is 14.8. The molecular weight excluding hydrogens is 310 g/mol. The van der Waals surface area contributed by atoms with Crippen molar-refractivity contribution in [3.8, 4) is 0 Å². The smallest absolute Gasteiger partial charge is 0.241 e. The van der Waals surface area contributed by atoms with Gasteiger partial charge in [-0.2, -0.15) is 0 Å². The summed E-state index contributed by atoms with van der Waals surface area (Å²) in [6.07, 6.45) is 2.98. The van der Waals surface area contributed by atoms with Gasteiger partial charge < -0.3 is 16.0 Å². The van der Waals surface area contributed by atoms with E-state index in [9.17, 15) is 4.79 Å². The maximum absolute atomic E-state index is 12.4. The summed E-state index contributed by atoms with van der Waals surface area (Å²) in [4.78, 5) is 14.8. The Morgan fingerprint density at radius 3 is 2.60 bits per heavy atom. The van der Waals surface area contributed by atoms with E-state index in [0.29, 0.717) is 6.42 Å². The first-order valence-electron chi connectivity index (χ1n) is 9.07. The lowest BCUT2D eigenvalue weighted by Gasteiger charge is -2.32. The number of carbonyl (C=O) groups excluding carboxylic acids is 1. The van der Waals surface area contributed by atoms with Crippen LogP contribution in [0.25, 0.3) is 0 Å². The largest absolute Gasteiger partial charge is 0.371 e. The molecule has 1 aliphatic rings. The zero-order valence-corrected chi connectivity index (χ0v) is 14.8. The molecule has 3 rings (SSSR count). The molecule has 25 heavy (non-hydrogen) atoms. The van der Waals surface area contributed by atoms with Crippen LogP contribution >= 0.6 is 0 Å². The molecule has 1 amide bonds. The fraction of sp³-hybridized carbons (Fsp3) is 0.381. The maximum atomic E-state index is 12.4. The van der Waals surface area contributed by atoms with Crippen LogP contribution in [0.5, 0.6) is 0 Å². The second-order valence-electron chi connectivity index (χ2n) is 7.01. The Balaban J connectivity index is 1.60. The number of nitrogens with one attached hydrogen (secondary N) is 1. The standard InChI is InChI=1S/C21H27N3O/c1-16-10-12-24(13-11-16)19-9-5-8-18(15-19)23-21(25)20(22)14-17-6-3-2-4-7-17/h2-9,15-16,20H,10-14,22H2,1H3,(H,23,25). The normalized spacial score (nSPS) is 16.5. The fourth-order valence-corrected chi connectivity index (χ4v) is 3.24. The van der Waals surface area contributed by atoms with Crippen molar-refractivity contribution in [2.45, 2.75) is 32.2 Å². The summed E-state index contributed by atoms with van der Waals surface area (Å²) < 4.78 is 0. The van der Waals surface area contributed by atoms with Crippen molar-refractivity contribution in [1.29, 1.82) is 0 Å². The first kappa shape index (κ1) is 17.5. The number of hydrogen-bond donors (Lipinski definition) is 2. The minimum Gasteiger partial charge on any atom is -0.371 e. The van der Waals surface area contributed by atoms with Gasteiger partial charge in [0.2, 0.25) is 5.91 Å². The third-order valence-electron chi connectivity index (χ3n) is 4.90. The lowest BCUT2D eigenvalue weighted by Crippen LogP contribution is -2.37. The van der Waals surface area contributed by atoms with Gasteiger partial charge in [-0.1, -0.05) is 43.3 Å². The summed E-state index contributed by atoms with van der Waals surface area (Å²) >= 11 is 0. The van der Waals surface area contributed by atoms with Gasteiger partial charge in [-0.05, 0) is 48.9 Å². The maximum Gasteiger partial charge on any atom is 0.241 e. The lowest BCUT2D eigenvalue weighted by molar-refractivity contribution is -0.117. The van der Waals surface area contributed by atoms with Crippen LogP contribution in [0.4, 0.5) is 11.4 Å². The van der Waals surface area contributed by atoms with E-state index in [2.05, 4.69) is 23.2 Å². The molecule has 0 aliphatic carbocycles. The lowest BCUT2D eigenvalue weighted by atomic mass is 9.99. The Morgan fingerprint density at radius 1 is 1.16 bits per heavy atom. The monoisotopic (exact) mass is 337 g/mol. The van der Waals surface area contributed by atoms with Crippen LogP contribution in [0.15, 0.2) is 54.6 Å². The van der Waals surface area contributed by atoms with E-state index in [1.165, 1.54) is 18.5 Å². The molecule has 0 bridgehead atoms. The number of piperidine rings is 1. The summed E-state index contributed by atoms with van der Waals surface area (Å²) in [5.74, 6) is 0.656. The molecule has 1 aliphatic heterocycles. The second kappa shape index (κ2) is 8.17. The average Bonchev–Trinajstić information content (AvgIpc) is 2.63. The number of hydrogen-bond acceptors (Lipinski definition) is 3. The van der Waals surface area contributed by atoms with E-state index >= 15 is 0 Å². The van der Waals surface area contributed by atoms with Crippen LogP contribution in [0, 0.1) is 5.92 Å². The highest BCUT2D eigenvalue weighted by Crippen LogP contribution is 2.25. The van der Waals surface area contributed by atoms with Crippen LogP contribution in [-0.2, 0) is 11.2 Å². The van der Waals surface area contributed by atoms with Gasteiger partial charge in [0.25, 0.3) is 0 Å².